The molecule has 0 atom stereocenters. The number of nitrogens with zero attached hydrogens (tertiary/aromatic N) is 1. The Morgan fingerprint density at radius 2 is 2.05 bits per heavy atom. The van der Waals surface area contributed by atoms with Gasteiger partial charge in [-0.25, -0.2) is 8.78 Å². The van der Waals surface area contributed by atoms with Crippen LogP contribution in [0.15, 0.2) is 18.2 Å². The number of nitrogens with one attached hydrogen (secondary N) is 2. The smallest absolute Gasteiger partial charge is 0.259 e. The van der Waals surface area contributed by atoms with Crippen molar-refractivity contribution in [3.8, 4) is 0 Å². The fourth-order valence-corrected chi connectivity index (χ4v) is 1.77. The first-order valence-corrected chi connectivity index (χ1v) is 6.11. The molecule has 0 unspecified atom stereocenters. The lowest BCUT2D eigenvalue weighted by atomic mass is 10.1. The van der Waals surface area contributed by atoms with Crippen molar-refractivity contribution >= 4 is 17.4 Å². The average Bonchev–Trinajstić information content (AvgIpc) is 2.81. The topological polar surface area (TPSA) is 83.8 Å². The summed E-state index contributed by atoms with van der Waals surface area (Å²) in [4.78, 5) is 11.9. The molecule has 5 nitrogen and oxygen atoms in total. The van der Waals surface area contributed by atoms with Gasteiger partial charge in [0.1, 0.15) is 0 Å². The number of aromatic amines is 1. The molecule has 106 valence electrons. The van der Waals surface area contributed by atoms with E-state index in [-0.39, 0.29) is 11.3 Å². The van der Waals surface area contributed by atoms with Crippen LogP contribution in [0.1, 0.15) is 29.4 Å². The summed E-state index contributed by atoms with van der Waals surface area (Å²) in [5, 5.41) is 9.15. The van der Waals surface area contributed by atoms with Gasteiger partial charge in [-0.15, -0.1) is 0 Å². The lowest BCUT2D eigenvalue weighted by Crippen LogP contribution is -2.15. The molecular weight excluding hydrogens is 266 g/mol. The third-order valence-corrected chi connectivity index (χ3v) is 2.73. The fraction of sp³-hybridized carbons (Fsp3) is 0.231. The lowest BCUT2D eigenvalue weighted by molar-refractivity contribution is 0.102. The number of nitrogens with two attached hydrogens (primary N) is 1. The number of aryl methyl sites for hydroxylation is 1. The van der Waals surface area contributed by atoms with Crippen LogP contribution < -0.4 is 11.1 Å². The zero-order valence-electron chi connectivity index (χ0n) is 10.8. The molecule has 1 heterocycles. The second-order valence-electron chi connectivity index (χ2n) is 4.34. The number of H-pyrrole nitrogens is 1. The number of aromatic nitrogens is 2. The van der Waals surface area contributed by atoms with E-state index in [2.05, 4.69) is 15.5 Å². The van der Waals surface area contributed by atoms with E-state index >= 15 is 0 Å². The molecule has 2 aromatic rings. The molecule has 1 amide bonds. The van der Waals surface area contributed by atoms with Crippen molar-refractivity contribution in [1.29, 1.82) is 0 Å². The van der Waals surface area contributed by atoms with Crippen molar-refractivity contribution in [2.24, 2.45) is 0 Å². The molecular formula is C13H14F2N4O. The number of amides is 1. The van der Waals surface area contributed by atoms with E-state index in [1.807, 2.05) is 6.92 Å². The highest BCUT2D eigenvalue weighted by Gasteiger charge is 2.15. The molecule has 1 aromatic heterocycles. The van der Waals surface area contributed by atoms with Gasteiger partial charge in [-0.2, -0.15) is 5.10 Å². The number of benzene rings is 1. The van der Waals surface area contributed by atoms with Crippen molar-refractivity contribution in [2.75, 3.05) is 11.1 Å². The molecule has 0 spiro atoms. The fourth-order valence-electron chi connectivity index (χ4n) is 1.77. The van der Waals surface area contributed by atoms with E-state index in [0.29, 0.717) is 5.82 Å². The lowest BCUT2D eigenvalue weighted by Gasteiger charge is -2.06. The largest absolute Gasteiger partial charge is 0.398 e. The first-order chi connectivity index (χ1) is 9.51. The van der Waals surface area contributed by atoms with Gasteiger partial charge >= 0.3 is 0 Å². The van der Waals surface area contributed by atoms with Crippen LogP contribution in [0, 0.1) is 11.6 Å². The highest BCUT2D eigenvalue weighted by atomic mass is 19.2. The standard InChI is InChI=1S/C13H14F2N4O/c1-2-3-7-4-12(19-18-7)17-13(20)8-5-9(14)10(15)6-11(8)16/h4-6H,2-3,16H2,1H3,(H2,17,18,19,20). The maximum Gasteiger partial charge on any atom is 0.259 e. The molecule has 1 aromatic carbocycles. The quantitative estimate of drug-likeness (QED) is 0.752. The van der Waals surface area contributed by atoms with Gasteiger partial charge in [-0.05, 0) is 12.5 Å². The molecule has 4 N–H and O–H groups in total. The molecule has 0 saturated carbocycles. The Kier molecular flexibility index (Phi) is 3.97. The van der Waals surface area contributed by atoms with E-state index in [4.69, 9.17) is 5.73 Å². The number of hydrogen-bond donors (Lipinski definition) is 3. The van der Waals surface area contributed by atoms with Crippen molar-refractivity contribution in [2.45, 2.75) is 19.8 Å². The Bertz CT molecular complexity index is 639. The number of anilines is 2. The number of nitrogen functional groups attached to an aromatic ring is 1. The average molecular weight is 280 g/mol. The molecule has 2 rings (SSSR count). The maximum absolute atomic E-state index is 13.1. The minimum Gasteiger partial charge on any atom is -0.398 e. The summed E-state index contributed by atoms with van der Waals surface area (Å²) >= 11 is 0. The SMILES string of the molecule is CCCc1cc(NC(=O)c2cc(F)c(F)cc2N)n[nH]1. The van der Waals surface area contributed by atoms with Crippen LogP contribution in [0.25, 0.3) is 0 Å². The summed E-state index contributed by atoms with van der Waals surface area (Å²) < 4.78 is 26.1. The number of hydrogen-bond acceptors (Lipinski definition) is 3. The Labute approximate surface area is 114 Å². The first-order valence-electron chi connectivity index (χ1n) is 6.11. The van der Waals surface area contributed by atoms with Crippen LogP contribution in [0.5, 0.6) is 0 Å². The summed E-state index contributed by atoms with van der Waals surface area (Å²) in [7, 11) is 0. The highest BCUT2D eigenvalue weighted by Crippen LogP contribution is 2.18. The minimum atomic E-state index is -1.13. The van der Waals surface area contributed by atoms with Crippen LogP contribution in [0.2, 0.25) is 0 Å². The van der Waals surface area contributed by atoms with Gasteiger partial charge in [0.05, 0.1) is 5.56 Å². The minimum absolute atomic E-state index is 0.134. The van der Waals surface area contributed by atoms with Crippen molar-refractivity contribution in [3.63, 3.8) is 0 Å². The van der Waals surface area contributed by atoms with E-state index < -0.39 is 17.5 Å². The molecule has 0 aliphatic rings. The zero-order chi connectivity index (χ0) is 14.7. The van der Waals surface area contributed by atoms with Crippen LogP contribution in [-0.4, -0.2) is 16.1 Å². The molecule has 0 aliphatic carbocycles. The summed E-state index contributed by atoms with van der Waals surface area (Å²) in [5.41, 5.74) is 6.11. The monoisotopic (exact) mass is 280 g/mol. The number of carbonyl (C=O) groups is 1. The van der Waals surface area contributed by atoms with E-state index in [1.54, 1.807) is 6.07 Å². The maximum atomic E-state index is 13.1. The molecule has 20 heavy (non-hydrogen) atoms. The van der Waals surface area contributed by atoms with Crippen molar-refractivity contribution < 1.29 is 13.6 Å². The van der Waals surface area contributed by atoms with Gasteiger partial charge in [0.25, 0.3) is 5.91 Å². The highest BCUT2D eigenvalue weighted by molar-refractivity contribution is 6.07. The molecule has 0 radical (unpaired) electrons. The van der Waals surface area contributed by atoms with Gasteiger partial charge < -0.3 is 11.1 Å². The zero-order valence-corrected chi connectivity index (χ0v) is 10.8. The van der Waals surface area contributed by atoms with E-state index in [9.17, 15) is 13.6 Å². The predicted molar refractivity (Wildman–Crippen MR) is 71.3 cm³/mol. The number of rotatable bonds is 4. The summed E-state index contributed by atoms with van der Waals surface area (Å²) in [6, 6.07) is 3.22. The van der Waals surface area contributed by atoms with Gasteiger partial charge in [0.15, 0.2) is 17.5 Å². The van der Waals surface area contributed by atoms with Crippen LogP contribution in [-0.2, 0) is 6.42 Å². The molecule has 0 bridgehead atoms. The van der Waals surface area contributed by atoms with Crippen LogP contribution in [0.3, 0.4) is 0 Å². The first kappa shape index (κ1) is 14.0. The van der Waals surface area contributed by atoms with Crippen LogP contribution >= 0.6 is 0 Å². The van der Waals surface area contributed by atoms with Crippen LogP contribution in [0.4, 0.5) is 20.3 Å². The summed E-state index contributed by atoms with van der Waals surface area (Å²) in [5.74, 6) is -2.55. The molecule has 0 saturated heterocycles. The molecule has 0 aliphatic heterocycles. The Balaban J connectivity index is 2.17. The van der Waals surface area contributed by atoms with E-state index in [1.165, 1.54) is 0 Å². The second kappa shape index (κ2) is 5.68. The van der Waals surface area contributed by atoms with E-state index in [0.717, 1.165) is 30.7 Å². The Hall–Kier alpha value is -2.44. The molecule has 7 heteroatoms. The summed E-state index contributed by atoms with van der Waals surface area (Å²) in [6.07, 6.45) is 1.74. The van der Waals surface area contributed by atoms with Crippen molar-refractivity contribution in [1.82, 2.24) is 10.2 Å². The molecule has 0 fully saturated rings. The van der Waals surface area contributed by atoms with Gasteiger partial charge in [0, 0.05) is 23.5 Å². The number of carbonyl (C=O) groups excluding carboxylic acids is 1. The third-order valence-electron chi connectivity index (χ3n) is 2.73. The van der Waals surface area contributed by atoms with Gasteiger partial charge in [-0.1, -0.05) is 13.3 Å². The second-order valence-corrected chi connectivity index (χ2v) is 4.34. The third kappa shape index (κ3) is 2.93. The summed E-state index contributed by atoms with van der Waals surface area (Å²) in [6.45, 7) is 2.01. The number of halogens is 2. The Morgan fingerprint density at radius 1 is 1.35 bits per heavy atom. The normalized spacial score (nSPS) is 10.6. The van der Waals surface area contributed by atoms with Crippen molar-refractivity contribution in [3.05, 3.63) is 41.1 Å². The van der Waals surface area contributed by atoms with Gasteiger partial charge in [-0.3, -0.25) is 9.89 Å². The van der Waals surface area contributed by atoms with Gasteiger partial charge in [0.2, 0.25) is 0 Å². The Morgan fingerprint density at radius 3 is 2.75 bits per heavy atom. The predicted octanol–water partition coefficient (Wildman–Crippen LogP) is 2.47.